The SMILES string of the molecule is CN(C(=O)OC(C)(C)C)[C@H](CN)C1CC1. The fourth-order valence-electron chi connectivity index (χ4n) is 1.62. The van der Waals surface area contributed by atoms with Crippen LogP contribution in [-0.4, -0.2) is 36.2 Å². The first kappa shape index (κ1) is 12.3. The Morgan fingerprint density at radius 2 is 2.07 bits per heavy atom. The van der Waals surface area contributed by atoms with Crippen molar-refractivity contribution in [3.05, 3.63) is 0 Å². The van der Waals surface area contributed by atoms with Gasteiger partial charge in [0.15, 0.2) is 0 Å². The molecular formula is C11H22N2O2. The van der Waals surface area contributed by atoms with E-state index in [4.69, 9.17) is 10.5 Å². The van der Waals surface area contributed by atoms with Gasteiger partial charge in [-0.3, -0.25) is 0 Å². The summed E-state index contributed by atoms with van der Waals surface area (Å²) in [5.41, 5.74) is 5.23. The summed E-state index contributed by atoms with van der Waals surface area (Å²) < 4.78 is 5.29. The summed E-state index contributed by atoms with van der Waals surface area (Å²) in [6, 6.07) is 0.139. The van der Waals surface area contributed by atoms with Crippen LogP contribution in [0.2, 0.25) is 0 Å². The maximum absolute atomic E-state index is 11.7. The quantitative estimate of drug-likeness (QED) is 0.776. The standard InChI is InChI=1S/C11H22N2O2/c1-11(2,3)15-10(14)13(4)9(7-12)8-5-6-8/h8-9H,5-7,12H2,1-4H3/t9-/m1/s1. The zero-order valence-corrected chi connectivity index (χ0v) is 10.1. The average molecular weight is 214 g/mol. The van der Waals surface area contributed by atoms with E-state index in [0.29, 0.717) is 12.5 Å². The van der Waals surface area contributed by atoms with E-state index in [0.717, 1.165) is 0 Å². The highest BCUT2D eigenvalue weighted by molar-refractivity contribution is 5.68. The Balaban J connectivity index is 2.50. The third-order valence-electron chi connectivity index (χ3n) is 2.59. The smallest absolute Gasteiger partial charge is 0.410 e. The lowest BCUT2D eigenvalue weighted by molar-refractivity contribution is 0.0209. The number of nitrogens with zero attached hydrogens (tertiary/aromatic N) is 1. The number of hydrogen-bond acceptors (Lipinski definition) is 3. The third-order valence-corrected chi connectivity index (χ3v) is 2.59. The molecule has 1 amide bonds. The first-order valence-electron chi connectivity index (χ1n) is 5.51. The molecule has 1 aliphatic rings. The van der Waals surface area contributed by atoms with Crippen LogP contribution < -0.4 is 5.73 Å². The molecule has 4 heteroatoms. The van der Waals surface area contributed by atoms with Gasteiger partial charge in [-0.15, -0.1) is 0 Å². The molecule has 0 aromatic carbocycles. The zero-order valence-electron chi connectivity index (χ0n) is 10.1. The molecule has 1 rings (SSSR count). The minimum Gasteiger partial charge on any atom is -0.444 e. The van der Waals surface area contributed by atoms with Crippen LogP contribution in [0.1, 0.15) is 33.6 Å². The summed E-state index contributed by atoms with van der Waals surface area (Å²) in [4.78, 5) is 13.4. The number of carbonyl (C=O) groups is 1. The van der Waals surface area contributed by atoms with Gasteiger partial charge in [0, 0.05) is 19.6 Å². The van der Waals surface area contributed by atoms with Crippen LogP contribution in [0.5, 0.6) is 0 Å². The predicted molar refractivity (Wildman–Crippen MR) is 59.6 cm³/mol. The van der Waals surface area contributed by atoms with Gasteiger partial charge in [0.1, 0.15) is 5.60 Å². The van der Waals surface area contributed by atoms with Gasteiger partial charge in [-0.1, -0.05) is 0 Å². The highest BCUT2D eigenvalue weighted by Crippen LogP contribution is 2.34. The van der Waals surface area contributed by atoms with Crippen LogP contribution in [0, 0.1) is 5.92 Å². The molecule has 1 aliphatic carbocycles. The van der Waals surface area contributed by atoms with E-state index in [-0.39, 0.29) is 12.1 Å². The van der Waals surface area contributed by atoms with E-state index in [1.165, 1.54) is 12.8 Å². The van der Waals surface area contributed by atoms with E-state index in [1.807, 2.05) is 20.8 Å². The van der Waals surface area contributed by atoms with Crippen molar-refractivity contribution in [2.24, 2.45) is 11.7 Å². The van der Waals surface area contributed by atoms with Crippen molar-refractivity contribution in [2.75, 3.05) is 13.6 Å². The Hall–Kier alpha value is -0.770. The Kier molecular flexibility index (Phi) is 3.60. The van der Waals surface area contributed by atoms with Crippen LogP contribution >= 0.6 is 0 Å². The number of carbonyl (C=O) groups excluding carboxylic acids is 1. The lowest BCUT2D eigenvalue weighted by Gasteiger charge is -2.30. The lowest BCUT2D eigenvalue weighted by atomic mass is 10.1. The van der Waals surface area contributed by atoms with Crippen molar-refractivity contribution < 1.29 is 9.53 Å². The molecule has 0 saturated heterocycles. The monoisotopic (exact) mass is 214 g/mol. The van der Waals surface area contributed by atoms with Crippen LogP contribution in [0.15, 0.2) is 0 Å². The van der Waals surface area contributed by atoms with E-state index in [1.54, 1.807) is 11.9 Å². The van der Waals surface area contributed by atoms with Gasteiger partial charge < -0.3 is 15.4 Å². The maximum Gasteiger partial charge on any atom is 0.410 e. The molecule has 88 valence electrons. The molecule has 0 unspecified atom stereocenters. The number of rotatable bonds is 3. The summed E-state index contributed by atoms with van der Waals surface area (Å²) in [6.07, 6.45) is 2.08. The number of ether oxygens (including phenoxy) is 1. The summed E-state index contributed by atoms with van der Waals surface area (Å²) >= 11 is 0. The summed E-state index contributed by atoms with van der Waals surface area (Å²) in [7, 11) is 1.77. The predicted octanol–water partition coefficient (Wildman–Crippen LogP) is 1.59. The Labute approximate surface area is 91.8 Å². The van der Waals surface area contributed by atoms with Gasteiger partial charge >= 0.3 is 6.09 Å². The molecule has 0 spiro atoms. The van der Waals surface area contributed by atoms with Gasteiger partial charge in [-0.05, 0) is 39.5 Å². The van der Waals surface area contributed by atoms with Crippen molar-refractivity contribution in [1.29, 1.82) is 0 Å². The molecule has 0 aromatic heterocycles. The highest BCUT2D eigenvalue weighted by Gasteiger charge is 2.36. The third kappa shape index (κ3) is 3.70. The Bertz CT molecular complexity index is 231. The summed E-state index contributed by atoms with van der Waals surface area (Å²) in [6.45, 7) is 6.12. The second-order valence-corrected chi connectivity index (χ2v) is 5.23. The first-order valence-corrected chi connectivity index (χ1v) is 5.51. The van der Waals surface area contributed by atoms with Gasteiger partial charge in [0.25, 0.3) is 0 Å². The molecule has 0 bridgehead atoms. The van der Waals surface area contributed by atoms with Crippen LogP contribution in [-0.2, 0) is 4.74 Å². The van der Waals surface area contributed by atoms with E-state index < -0.39 is 5.60 Å². The van der Waals surface area contributed by atoms with Crippen LogP contribution in [0.25, 0.3) is 0 Å². The zero-order chi connectivity index (χ0) is 11.6. The maximum atomic E-state index is 11.7. The van der Waals surface area contributed by atoms with Gasteiger partial charge in [0.2, 0.25) is 0 Å². The molecule has 0 heterocycles. The van der Waals surface area contributed by atoms with Crippen LogP contribution in [0.4, 0.5) is 4.79 Å². The average Bonchev–Trinajstić information content (AvgIpc) is 2.86. The van der Waals surface area contributed by atoms with Gasteiger partial charge in [-0.2, -0.15) is 0 Å². The van der Waals surface area contributed by atoms with Crippen molar-refractivity contribution >= 4 is 6.09 Å². The molecule has 1 atom stereocenters. The number of likely N-dealkylation sites (N-methyl/N-ethyl adjacent to an activating group) is 1. The minimum atomic E-state index is -0.436. The lowest BCUT2D eigenvalue weighted by Crippen LogP contribution is -2.45. The summed E-state index contributed by atoms with van der Waals surface area (Å²) in [5.74, 6) is 0.576. The van der Waals surface area contributed by atoms with Gasteiger partial charge in [0.05, 0.1) is 0 Å². The largest absolute Gasteiger partial charge is 0.444 e. The Morgan fingerprint density at radius 3 is 2.40 bits per heavy atom. The van der Waals surface area contributed by atoms with E-state index in [2.05, 4.69) is 0 Å². The second-order valence-electron chi connectivity index (χ2n) is 5.23. The molecule has 0 aliphatic heterocycles. The van der Waals surface area contributed by atoms with Crippen molar-refractivity contribution in [2.45, 2.75) is 45.3 Å². The van der Waals surface area contributed by atoms with Crippen molar-refractivity contribution in [3.63, 3.8) is 0 Å². The fraction of sp³-hybridized carbons (Fsp3) is 0.909. The van der Waals surface area contributed by atoms with Crippen LogP contribution in [0.3, 0.4) is 0 Å². The number of hydrogen-bond donors (Lipinski definition) is 1. The van der Waals surface area contributed by atoms with Crippen molar-refractivity contribution in [1.82, 2.24) is 4.90 Å². The van der Waals surface area contributed by atoms with E-state index in [9.17, 15) is 4.79 Å². The summed E-state index contributed by atoms with van der Waals surface area (Å²) in [5, 5.41) is 0. The Morgan fingerprint density at radius 1 is 1.53 bits per heavy atom. The molecule has 1 saturated carbocycles. The normalized spacial score (nSPS) is 18.5. The fourth-order valence-corrected chi connectivity index (χ4v) is 1.62. The van der Waals surface area contributed by atoms with Gasteiger partial charge in [-0.25, -0.2) is 4.79 Å². The highest BCUT2D eigenvalue weighted by atomic mass is 16.6. The molecule has 0 aromatic rings. The molecule has 1 fully saturated rings. The molecule has 0 radical (unpaired) electrons. The molecular weight excluding hydrogens is 192 g/mol. The molecule has 2 N–H and O–H groups in total. The van der Waals surface area contributed by atoms with Crippen molar-refractivity contribution in [3.8, 4) is 0 Å². The number of nitrogens with two attached hydrogens (primary N) is 1. The second kappa shape index (κ2) is 4.39. The topological polar surface area (TPSA) is 55.6 Å². The molecule has 4 nitrogen and oxygen atoms in total. The number of amides is 1. The molecule has 15 heavy (non-hydrogen) atoms. The first-order chi connectivity index (χ1) is 6.85. The minimum absolute atomic E-state index is 0.139. The van der Waals surface area contributed by atoms with E-state index >= 15 is 0 Å².